The fourth-order valence-electron chi connectivity index (χ4n) is 8.29. The molecule has 3 aromatic heterocycles. The van der Waals surface area contributed by atoms with Crippen molar-refractivity contribution in [3.63, 3.8) is 0 Å². The number of rotatable bonds is 7. The van der Waals surface area contributed by atoms with E-state index >= 15 is 0 Å². The highest BCUT2D eigenvalue weighted by atomic mass is 35.5. The van der Waals surface area contributed by atoms with Crippen LogP contribution in [0.15, 0.2) is 73.0 Å². The summed E-state index contributed by atoms with van der Waals surface area (Å²) in [5.41, 5.74) is -0.822. The van der Waals surface area contributed by atoms with Crippen molar-refractivity contribution >= 4 is 104 Å². The second kappa shape index (κ2) is 26.0. The van der Waals surface area contributed by atoms with E-state index in [0.717, 1.165) is 4.90 Å². The van der Waals surface area contributed by atoms with Crippen LogP contribution in [0.3, 0.4) is 0 Å². The molecule has 3 saturated heterocycles. The zero-order valence-electron chi connectivity index (χ0n) is 46.1. The molecule has 0 unspecified atom stereocenters. The summed E-state index contributed by atoms with van der Waals surface area (Å²) in [6.07, 6.45) is -3.06. The normalized spacial score (nSPS) is 19.8. The van der Waals surface area contributed by atoms with E-state index < -0.39 is 89.4 Å². The topological polar surface area (TPSA) is 315 Å². The molecule has 0 spiro atoms. The number of aliphatic hydroxyl groups excluding tert-OH is 1. The highest BCUT2D eigenvalue weighted by molar-refractivity contribution is 6.32. The third-order valence-electron chi connectivity index (χ3n) is 11.7. The van der Waals surface area contributed by atoms with Crippen molar-refractivity contribution < 1.29 is 85.7 Å². The Morgan fingerprint density at radius 2 is 0.938 bits per heavy atom. The fourth-order valence-corrected chi connectivity index (χ4v) is 8.77. The number of β-amino-alcohol motifs (C(OH)–C–C–N with tert-alkyl or cyclic N) is 1. The second-order valence-electron chi connectivity index (χ2n) is 21.6. The number of nitrogens with zero attached hydrogens (tertiary/aromatic N) is 5. The van der Waals surface area contributed by atoms with Crippen LogP contribution < -0.4 is 15.0 Å². The number of hydrogen-bond donors (Lipinski definition) is 3. The van der Waals surface area contributed by atoms with Crippen LogP contribution in [-0.4, -0.2) is 164 Å². The fraction of sp³-hybridized carbons (Fsp3) is 0.491. The van der Waals surface area contributed by atoms with Gasteiger partial charge in [-0.1, -0.05) is 34.8 Å². The Morgan fingerprint density at radius 3 is 1.35 bits per heavy atom. The van der Waals surface area contributed by atoms with Crippen molar-refractivity contribution in [3.05, 3.63) is 80.0 Å². The Hall–Kier alpha value is -7.48. The van der Waals surface area contributed by atoms with E-state index in [4.69, 9.17) is 76.8 Å². The van der Waals surface area contributed by atoms with Gasteiger partial charge in [-0.2, -0.15) is 5.16 Å². The van der Waals surface area contributed by atoms with Gasteiger partial charge >= 0.3 is 36.2 Å². The molecule has 3 amide bonds. The number of halogens is 3. The van der Waals surface area contributed by atoms with Crippen molar-refractivity contribution in [2.24, 2.45) is 0 Å². The lowest BCUT2D eigenvalue weighted by atomic mass is 10.2. The van der Waals surface area contributed by atoms with Crippen LogP contribution in [-0.2, 0) is 38.1 Å². The van der Waals surface area contributed by atoms with Gasteiger partial charge in [-0.15, -0.1) is 0 Å². The van der Waals surface area contributed by atoms with E-state index in [1.165, 1.54) is 24.0 Å². The predicted molar refractivity (Wildman–Crippen MR) is 290 cm³/mol. The van der Waals surface area contributed by atoms with Crippen LogP contribution in [0.25, 0.3) is 32.9 Å². The number of fused-ring (bicyclic) bond motifs is 3. The molecule has 3 N–H and O–H groups in total. The monoisotopic (exact) mass is 1190 g/mol. The number of benzene rings is 3. The standard InChI is InChI=1S/C18H21ClN2O6.C17H19ClN2O6.C11H19NO5.C7H4ClNO2/c1-18(2,3)26-17(23)21-9-11(8-13(21)16(22)24-4)25-15-12-6-5-10(19)7-14(12)27-20-15;1-17(2,3)25-16(23)20-8-10(7-12(20)15(21)22)24-14-11-5-4-9(18)6-13(11)26-19-14;1-11(2,3)17-10(15)12-6-7(13)5-8(12)9(14)16-4;8-4-1-2-5-6(3-4)11-9-7(5)10/h5-7,11,13H,8-9H2,1-4H3;4-6,10,12H,7-8H2,1-3H3,(H,21,22);7-8,13H,5-6H2,1-4H3;1-3H,(H,9,10)/t11-,13+;10-,12+;7-,8-;/m110./s1. The van der Waals surface area contributed by atoms with E-state index in [0.29, 0.717) is 48.0 Å². The lowest BCUT2D eigenvalue weighted by molar-refractivity contribution is -0.146. The molecule has 3 aliphatic heterocycles. The minimum atomic E-state index is -1.11. The Kier molecular flexibility index (Phi) is 20.1. The summed E-state index contributed by atoms with van der Waals surface area (Å²) in [4.78, 5) is 86.3. The van der Waals surface area contributed by atoms with Gasteiger partial charge in [0.1, 0.15) is 47.1 Å². The zero-order valence-corrected chi connectivity index (χ0v) is 48.4. The van der Waals surface area contributed by atoms with Crippen molar-refractivity contribution in [3.8, 4) is 11.8 Å². The van der Waals surface area contributed by atoms with Crippen LogP contribution in [0.1, 0.15) is 81.6 Å². The van der Waals surface area contributed by atoms with E-state index in [-0.39, 0.29) is 56.2 Å². The van der Waals surface area contributed by atoms with Crippen LogP contribution in [0.4, 0.5) is 14.4 Å². The van der Waals surface area contributed by atoms with Gasteiger partial charge < -0.3 is 56.9 Å². The van der Waals surface area contributed by atoms with Gasteiger partial charge in [0.15, 0.2) is 16.7 Å². The molecule has 0 bridgehead atoms. The van der Waals surface area contributed by atoms with Gasteiger partial charge in [0.05, 0.1) is 56.1 Å². The molecule has 0 radical (unpaired) electrons. The van der Waals surface area contributed by atoms with E-state index in [9.17, 15) is 43.8 Å². The molecule has 28 heteroatoms. The Bertz CT molecular complexity index is 3280. The Balaban J connectivity index is 0.000000182. The number of ether oxygens (including phenoxy) is 7. The first kappa shape index (κ1) is 62.7. The van der Waals surface area contributed by atoms with Crippen molar-refractivity contribution in [2.45, 2.75) is 135 Å². The summed E-state index contributed by atoms with van der Waals surface area (Å²) in [6.45, 7) is 16.0. The maximum absolute atomic E-state index is 12.5. The summed E-state index contributed by atoms with van der Waals surface area (Å²) in [5, 5.41) is 32.3. The van der Waals surface area contributed by atoms with Crippen molar-refractivity contribution in [2.75, 3.05) is 33.9 Å². The number of aliphatic carboxylic acids is 1. The first-order valence-electron chi connectivity index (χ1n) is 25.1. The number of amides is 3. The molecule has 3 aromatic carbocycles. The SMILES string of the molecule is CC(C)(C)OC(=O)N1C[C@H](Oc2noc3cc(Cl)ccc23)C[C@H]1C(=O)O.COC(=O)[C@@H]1C[C@@H](Oc2noc3cc(Cl)ccc23)CN1C(=O)OC(C)(C)C.COC(=O)[C@@H]1C[C@H](O)CN1C(=O)OC(C)(C)C.O=c1[nH]oc2cc(Cl)ccc12. The third kappa shape index (κ3) is 17.0. The number of aromatic nitrogens is 3. The van der Waals surface area contributed by atoms with Gasteiger partial charge in [-0.05, 0) is 109 Å². The number of nitrogens with one attached hydrogen (secondary N) is 1. The molecule has 3 fully saturated rings. The van der Waals surface area contributed by atoms with Crippen LogP contribution in [0.2, 0.25) is 15.1 Å². The van der Waals surface area contributed by atoms with Crippen LogP contribution in [0, 0.1) is 0 Å². The molecule has 0 aliphatic carbocycles. The number of carbonyl (C=O) groups is 6. The molecule has 6 atom stereocenters. The first-order chi connectivity index (χ1) is 37.8. The molecule has 0 saturated carbocycles. The van der Waals surface area contributed by atoms with Crippen molar-refractivity contribution in [1.29, 1.82) is 0 Å². The lowest BCUT2D eigenvalue weighted by Gasteiger charge is -2.27. The van der Waals surface area contributed by atoms with Gasteiger partial charge in [-0.25, -0.2) is 28.8 Å². The molecular formula is C53H63Cl3N6O19. The maximum atomic E-state index is 12.5. The number of carboxylic acid groups (broad SMARTS) is 1. The minimum absolute atomic E-state index is 0.0772. The summed E-state index contributed by atoms with van der Waals surface area (Å²) < 4.78 is 52.1. The average Bonchev–Trinajstić information content (AvgIpc) is 4.26. The Labute approximate surface area is 478 Å². The molecule has 440 valence electrons. The number of likely N-dealkylation sites (tertiary alicyclic amines) is 3. The van der Waals surface area contributed by atoms with Crippen LogP contribution in [0.5, 0.6) is 11.8 Å². The average molecular weight is 1190 g/mol. The summed E-state index contributed by atoms with van der Waals surface area (Å²) >= 11 is 17.5. The van der Waals surface area contributed by atoms with Gasteiger partial charge in [0.25, 0.3) is 17.3 Å². The maximum Gasteiger partial charge on any atom is 0.411 e. The van der Waals surface area contributed by atoms with Gasteiger partial charge in [-0.3, -0.25) is 19.5 Å². The first-order valence-corrected chi connectivity index (χ1v) is 26.2. The molecule has 9 rings (SSSR count). The number of carboxylic acids is 1. The number of aliphatic hydroxyl groups is 1. The highest BCUT2D eigenvalue weighted by Crippen LogP contribution is 2.33. The van der Waals surface area contributed by atoms with E-state index in [1.54, 1.807) is 117 Å². The lowest BCUT2D eigenvalue weighted by Crippen LogP contribution is -2.44. The molecule has 6 aromatic rings. The minimum Gasteiger partial charge on any atom is -0.480 e. The second-order valence-corrected chi connectivity index (χ2v) is 22.9. The van der Waals surface area contributed by atoms with Gasteiger partial charge in [0, 0.05) is 52.5 Å². The summed E-state index contributed by atoms with van der Waals surface area (Å²) in [5.74, 6) is -1.66. The van der Waals surface area contributed by atoms with E-state index in [1.807, 2.05) is 0 Å². The number of hydrogen-bond acceptors (Lipinski definition) is 20. The number of methoxy groups -OCH3 is 2. The summed E-state index contributed by atoms with van der Waals surface area (Å²) in [7, 11) is 2.53. The zero-order chi connectivity index (χ0) is 59.9. The molecule has 81 heavy (non-hydrogen) atoms. The van der Waals surface area contributed by atoms with Crippen LogP contribution >= 0.6 is 34.8 Å². The molecule has 3 aliphatic rings. The number of aromatic amines is 1. The van der Waals surface area contributed by atoms with Crippen molar-refractivity contribution in [1.82, 2.24) is 30.2 Å². The largest absolute Gasteiger partial charge is 0.480 e. The Morgan fingerprint density at radius 1 is 0.568 bits per heavy atom. The predicted octanol–water partition coefficient (Wildman–Crippen LogP) is 9.04. The molecular weight excluding hydrogens is 1130 g/mol. The highest BCUT2D eigenvalue weighted by Gasteiger charge is 2.45. The third-order valence-corrected chi connectivity index (χ3v) is 12.4. The quantitative estimate of drug-likeness (QED) is 0.0991. The van der Waals surface area contributed by atoms with E-state index in [2.05, 4.69) is 20.2 Å². The number of carbonyl (C=O) groups excluding carboxylic acids is 5. The smallest absolute Gasteiger partial charge is 0.411 e. The van der Waals surface area contributed by atoms with Gasteiger partial charge in [0.2, 0.25) is 0 Å². The summed E-state index contributed by atoms with van der Waals surface area (Å²) in [6, 6.07) is 12.4. The number of H-pyrrole nitrogens is 1. The number of esters is 2. The molecule has 25 nitrogen and oxygen atoms in total. The molecule has 6 heterocycles.